The largest absolute Gasteiger partial charge is 0.463 e. The van der Waals surface area contributed by atoms with Crippen molar-refractivity contribution in [2.75, 3.05) is 46.4 Å². The second-order valence-electron chi connectivity index (χ2n) is 3.76. The van der Waals surface area contributed by atoms with E-state index >= 15 is 0 Å². The lowest BCUT2D eigenvalue weighted by Gasteiger charge is -2.31. The minimum Gasteiger partial charge on any atom is -0.463 e. The highest BCUT2D eigenvalue weighted by atomic mass is 16.5. The number of rotatable bonds is 4. The summed E-state index contributed by atoms with van der Waals surface area (Å²) in [5, 5.41) is 0. The average Bonchev–Trinajstić information content (AvgIpc) is 2.21. The first-order valence-electron chi connectivity index (χ1n) is 5.46. The second-order valence-corrected chi connectivity index (χ2v) is 3.76. The molecule has 0 radical (unpaired) electrons. The molecule has 1 aliphatic heterocycles. The molecule has 4 nitrogen and oxygen atoms in total. The molecule has 0 aromatic carbocycles. The molecule has 0 unspecified atom stereocenters. The van der Waals surface area contributed by atoms with Crippen molar-refractivity contribution in [3.63, 3.8) is 0 Å². The van der Waals surface area contributed by atoms with E-state index in [-0.39, 0.29) is 5.97 Å². The fraction of sp³-hybridized carbons (Fsp3) is 0.727. The number of esters is 1. The standard InChI is InChI=1S/C11H20N2O2/c1-3-15-11(14)5-4-6-13-9-7-12(2)8-10-13/h4-5H,3,6-10H2,1-2H3/b5-4+. The van der Waals surface area contributed by atoms with Gasteiger partial charge in [-0.2, -0.15) is 0 Å². The van der Waals surface area contributed by atoms with Crippen LogP contribution in [0.4, 0.5) is 0 Å². The summed E-state index contributed by atoms with van der Waals surface area (Å²) >= 11 is 0. The van der Waals surface area contributed by atoms with Crippen molar-refractivity contribution in [2.24, 2.45) is 0 Å². The second kappa shape index (κ2) is 6.58. The third kappa shape index (κ3) is 4.95. The van der Waals surface area contributed by atoms with Crippen molar-refractivity contribution in [1.29, 1.82) is 0 Å². The Labute approximate surface area is 91.5 Å². The minimum absolute atomic E-state index is 0.244. The lowest BCUT2D eigenvalue weighted by molar-refractivity contribution is -0.137. The van der Waals surface area contributed by atoms with Gasteiger partial charge in [0.05, 0.1) is 6.61 Å². The normalized spacial score (nSPS) is 19.6. The van der Waals surface area contributed by atoms with E-state index in [0.29, 0.717) is 6.61 Å². The van der Waals surface area contributed by atoms with Gasteiger partial charge in [0.15, 0.2) is 0 Å². The van der Waals surface area contributed by atoms with Gasteiger partial charge in [-0.15, -0.1) is 0 Å². The van der Waals surface area contributed by atoms with Crippen LogP contribution in [0.2, 0.25) is 0 Å². The van der Waals surface area contributed by atoms with E-state index in [1.54, 1.807) is 0 Å². The topological polar surface area (TPSA) is 32.8 Å². The Morgan fingerprint density at radius 3 is 2.60 bits per heavy atom. The van der Waals surface area contributed by atoms with Crippen LogP contribution in [0.1, 0.15) is 6.92 Å². The first kappa shape index (κ1) is 12.2. The van der Waals surface area contributed by atoms with E-state index in [9.17, 15) is 4.79 Å². The summed E-state index contributed by atoms with van der Waals surface area (Å²) in [5.74, 6) is -0.244. The van der Waals surface area contributed by atoms with Crippen molar-refractivity contribution in [3.05, 3.63) is 12.2 Å². The number of carbonyl (C=O) groups excluding carboxylic acids is 1. The maximum Gasteiger partial charge on any atom is 0.330 e. The fourth-order valence-electron chi connectivity index (χ4n) is 1.52. The molecule has 1 rings (SSSR count). The van der Waals surface area contributed by atoms with E-state index in [4.69, 9.17) is 4.74 Å². The molecular formula is C11H20N2O2. The molecular weight excluding hydrogens is 192 g/mol. The molecule has 0 atom stereocenters. The van der Waals surface area contributed by atoms with Crippen LogP contribution in [0.5, 0.6) is 0 Å². The predicted molar refractivity (Wildman–Crippen MR) is 59.7 cm³/mol. The molecule has 0 saturated carbocycles. The van der Waals surface area contributed by atoms with E-state index in [2.05, 4.69) is 16.8 Å². The van der Waals surface area contributed by atoms with E-state index < -0.39 is 0 Å². The molecule has 4 heteroatoms. The zero-order chi connectivity index (χ0) is 11.1. The van der Waals surface area contributed by atoms with Crippen molar-refractivity contribution in [3.8, 4) is 0 Å². The molecule has 0 amide bonds. The van der Waals surface area contributed by atoms with Crippen LogP contribution < -0.4 is 0 Å². The summed E-state index contributed by atoms with van der Waals surface area (Å²) in [5.41, 5.74) is 0. The van der Waals surface area contributed by atoms with Crippen LogP contribution in [-0.4, -0.2) is 62.1 Å². The highest BCUT2D eigenvalue weighted by Crippen LogP contribution is 1.98. The van der Waals surface area contributed by atoms with E-state index in [0.717, 1.165) is 32.7 Å². The fourth-order valence-corrected chi connectivity index (χ4v) is 1.52. The van der Waals surface area contributed by atoms with Crippen LogP contribution in [0.15, 0.2) is 12.2 Å². The smallest absolute Gasteiger partial charge is 0.330 e. The maximum absolute atomic E-state index is 11.0. The van der Waals surface area contributed by atoms with E-state index in [1.165, 1.54) is 6.08 Å². The van der Waals surface area contributed by atoms with Crippen molar-refractivity contribution in [1.82, 2.24) is 9.80 Å². The summed E-state index contributed by atoms with van der Waals surface area (Å²) in [6.45, 7) is 7.45. The quantitative estimate of drug-likeness (QED) is 0.497. The molecule has 0 spiro atoms. The zero-order valence-electron chi connectivity index (χ0n) is 9.61. The van der Waals surface area contributed by atoms with Crippen molar-refractivity contribution >= 4 is 5.97 Å². The van der Waals surface area contributed by atoms with Gasteiger partial charge in [-0.1, -0.05) is 6.08 Å². The minimum atomic E-state index is -0.244. The third-order valence-electron chi connectivity index (χ3n) is 2.50. The molecule has 0 bridgehead atoms. The highest BCUT2D eigenvalue weighted by molar-refractivity contribution is 5.81. The monoisotopic (exact) mass is 212 g/mol. The van der Waals surface area contributed by atoms with Crippen LogP contribution in [0.3, 0.4) is 0 Å². The molecule has 0 N–H and O–H groups in total. The van der Waals surface area contributed by atoms with Gasteiger partial charge < -0.3 is 9.64 Å². The predicted octanol–water partition coefficient (Wildman–Crippen LogP) is 0.353. The number of nitrogens with zero attached hydrogens (tertiary/aromatic N) is 2. The van der Waals surface area contributed by atoms with Gasteiger partial charge >= 0.3 is 5.97 Å². The zero-order valence-corrected chi connectivity index (χ0v) is 9.61. The third-order valence-corrected chi connectivity index (χ3v) is 2.50. The van der Waals surface area contributed by atoms with Crippen LogP contribution in [-0.2, 0) is 9.53 Å². The molecule has 1 fully saturated rings. The molecule has 0 aromatic heterocycles. The Morgan fingerprint density at radius 2 is 2.00 bits per heavy atom. The molecule has 0 aliphatic carbocycles. The summed E-state index contributed by atoms with van der Waals surface area (Å²) in [6.07, 6.45) is 3.39. The Balaban J connectivity index is 2.16. The van der Waals surface area contributed by atoms with Crippen LogP contribution >= 0.6 is 0 Å². The first-order chi connectivity index (χ1) is 7.22. The lowest BCUT2D eigenvalue weighted by atomic mass is 10.3. The first-order valence-corrected chi connectivity index (χ1v) is 5.46. The van der Waals surface area contributed by atoms with Crippen molar-refractivity contribution < 1.29 is 9.53 Å². The molecule has 15 heavy (non-hydrogen) atoms. The number of ether oxygens (including phenoxy) is 1. The van der Waals surface area contributed by atoms with Gasteiger partial charge in [-0.3, -0.25) is 4.90 Å². The van der Waals surface area contributed by atoms with Crippen LogP contribution in [0, 0.1) is 0 Å². The van der Waals surface area contributed by atoms with Gasteiger partial charge in [0.2, 0.25) is 0 Å². The Bertz CT molecular complexity index is 221. The van der Waals surface area contributed by atoms with E-state index in [1.807, 2.05) is 13.0 Å². The summed E-state index contributed by atoms with van der Waals surface area (Å²) in [6, 6.07) is 0. The SMILES string of the molecule is CCOC(=O)/C=C/CN1CCN(C)CC1. The van der Waals surface area contributed by atoms with Gasteiger partial charge in [0.25, 0.3) is 0 Å². The summed E-state index contributed by atoms with van der Waals surface area (Å²) < 4.78 is 4.80. The number of hydrogen-bond donors (Lipinski definition) is 0. The molecule has 0 aromatic rings. The number of hydrogen-bond acceptors (Lipinski definition) is 4. The van der Waals surface area contributed by atoms with Gasteiger partial charge in [-0.25, -0.2) is 4.79 Å². The summed E-state index contributed by atoms with van der Waals surface area (Å²) in [7, 11) is 2.13. The number of likely N-dealkylation sites (N-methyl/N-ethyl adjacent to an activating group) is 1. The number of carbonyl (C=O) groups is 1. The molecule has 1 saturated heterocycles. The Kier molecular flexibility index (Phi) is 5.36. The Hall–Kier alpha value is -0.870. The molecule has 86 valence electrons. The van der Waals surface area contributed by atoms with Gasteiger partial charge in [-0.05, 0) is 14.0 Å². The lowest BCUT2D eigenvalue weighted by Crippen LogP contribution is -2.44. The molecule has 1 heterocycles. The van der Waals surface area contributed by atoms with Gasteiger partial charge in [0.1, 0.15) is 0 Å². The summed E-state index contributed by atoms with van der Waals surface area (Å²) in [4.78, 5) is 15.6. The Morgan fingerprint density at radius 1 is 1.33 bits per heavy atom. The van der Waals surface area contributed by atoms with Crippen molar-refractivity contribution in [2.45, 2.75) is 6.92 Å². The molecule has 1 aliphatic rings. The number of piperazine rings is 1. The maximum atomic E-state index is 11.0. The average molecular weight is 212 g/mol. The highest BCUT2D eigenvalue weighted by Gasteiger charge is 2.11. The van der Waals surface area contributed by atoms with Gasteiger partial charge in [0, 0.05) is 38.8 Å². The van der Waals surface area contributed by atoms with Crippen LogP contribution in [0.25, 0.3) is 0 Å².